The van der Waals surface area contributed by atoms with E-state index in [0.717, 1.165) is 13.1 Å². The molecule has 0 unspecified atom stereocenters. The number of hydrogen-bond acceptors (Lipinski definition) is 3. The molecule has 0 bridgehead atoms. The van der Waals surface area contributed by atoms with E-state index in [1.54, 1.807) is 4.88 Å². The SMILES string of the molecule is CCCCC[C@@H](c1ccc(CC)s1)N1CCNCC1. The van der Waals surface area contributed by atoms with Gasteiger partial charge in [-0.15, -0.1) is 11.3 Å². The molecule has 2 nitrogen and oxygen atoms in total. The summed E-state index contributed by atoms with van der Waals surface area (Å²) >= 11 is 2.03. The molecular weight excluding hydrogens is 252 g/mol. The molecule has 1 saturated heterocycles. The van der Waals surface area contributed by atoms with Crippen LogP contribution >= 0.6 is 11.3 Å². The molecule has 1 atom stereocenters. The van der Waals surface area contributed by atoms with Crippen LogP contribution in [-0.2, 0) is 6.42 Å². The summed E-state index contributed by atoms with van der Waals surface area (Å²) in [4.78, 5) is 5.82. The largest absolute Gasteiger partial charge is 0.314 e. The van der Waals surface area contributed by atoms with Gasteiger partial charge in [0.25, 0.3) is 0 Å². The molecule has 0 aliphatic carbocycles. The number of piperazine rings is 1. The van der Waals surface area contributed by atoms with Crippen molar-refractivity contribution < 1.29 is 0 Å². The van der Waals surface area contributed by atoms with Crippen LogP contribution in [0, 0.1) is 0 Å². The van der Waals surface area contributed by atoms with Gasteiger partial charge < -0.3 is 5.32 Å². The third-order valence-corrected chi connectivity index (χ3v) is 5.36. The molecule has 0 spiro atoms. The van der Waals surface area contributed by atoms with Crippen LogP contribution in [-0.4, -0.2) is 31.1 Å². The molecule has 1 aliphatic rings. The molecule has 0 saturated carbocycles. The molecule has 1 fully saturated rings. The fraction of sp³-hybridized carbons (Fsp3) is 0.750. The van der Waals surface area contributed by atoms with Gasteiger partial charge in [0.15, 0.2) is 0 Å². The van der Waals surface area contributed by atoms with Crippen LogP contribution in [0.1, 0.15) is 55.3 Å². The molecule has 0 radical (unpaired) electrons. The third-order valence-electron chi connectivity index (χ3n) is 4.03. The summed E-state index contributed by atoms with van der Waals surface area (Å²) in [5.74, 6) is 0. The zero-order chi connectivity index (χ0) is 13.5. The number of nitrogens with zero attached hydrogens (tertiary/aromatic N) is 1. The zero-order valence-corrected chi connectivity index (χ0v) is 13.3. The Labute approximate surface area is 122 Å². The number of hydrogen-bond donors (Lipinski definition) is 1. The highest BCUT2D eigenvalue weighted by Gasteiger charge is 2.22. The van der Waals surface area contributed by atoms with Gasteiger partial charge in [0.1, 0.15) is 0 Å². The Hall–Kier alpha value is -0.380. The monoisotopic (exact) mass is 280 g/mol. The van der Waals surface area contributed by atoms with Crippen molar-refractivity contribution in [3.05, 3.63) is 21.9 Å². The highest BCUT2D eigenvalue weighted by molar-refractivity contribution is 7.12. The standard InChI is InChI=1S/C16H28N2S/c1-3-5-6-7-15(18-12-10-17-11-13-18)16-9-8-14(4-2)19-16/h8-9,15,17H,3-7,10-13H2,1-2H3/t15-/m0/s1. The van der Waals surface area contributed by atoms with E-state index < -0.39 is 0 Å². The Balaban J connectivity index is 2.03. The van der Waals surface area contributed by atoms with Gasteiger partial charge >= 0.3 is 0 Å². The molecule has 19 heavy (non-hydrogen) atoms. The van der Waals surface area contributed by atoms with Crippen LogP contribution in [0.4, 0.5) is 0 Å². The first-order chi connectivity index (χ1) is 9.35. The average Bonchev–Trinajstić information content (AvgIpc) is 2.93. The summed E-state index contributed by atoms with van der Waals surface area (Å²) in [5, 5.41) is 3.47. The third kappa shape index (κ3) is 4.30. The minimum absolute atomic E-state index is 0.666. The number of nitrogens with one attached hydrogen (secondary N) is 1. The van der Waals surface area contributed by atoms with Gasteiger partial charge in [0, 0.05) is 42.0 Å². The van der Waals surface area contributed by atoms with Crippen LogP contribution in [0.25, 0.3) is 0 Å². The summed E-state index contributed by atoms with van der Waals surface area (Å²) in [5.41, 5.74) is 0. The van der Waals surface area contributed by atoms with Gasteiger partial charge in [-0.25, -0.2) is 0 Å². The van der Waals surface area contributed by atoms with Gasteiger partial charge in [0.05, 0.1) is 0 Å². The van der Waals surface area contributed by atoms with Gasteiger partial charge in [-0.05, 0) is 25.0 Å². The van der Waals surface area contributed by atoms with Gasteiger partial charge in [-0.2, -0.15) is 0 Å². The molecule has 108 valence electrons. The van der Waals surface area contributed by atoms with E-state index in [0.29, 0.717) is 6.04 Å². The topological polar surface area (TPSA) is 15.3 Å². The molecule has 2 heterocycles. The van der Waals surface area contributed by atoms with Crippen molar-refractivity contribution in [3.63, 3.8) is 0 Å². The maximum atomic E-state index is 3.47. The van der Waals surface area contributed by atoms with E-state index in [1.165, 1.54) is 50.1 Å². The van der Waals surface area contributed by atoms with E-state index >= 15 is 0 Å². The van der Waals surface area contributed by atoms with Crippen LogP contribution < -0.4 is 5.32 Å². The van der Waals surface area contributed by atoms with Gasteiger partial charge in [-0.3, -0.25) is 4.90 Å². The summed E-state index contributed by atoms with van der Waals surface area (Å²) < 4.78 is 0. The highest BCUT2D eigenvalue weighted by atomic mass is 32.1. The quantitative estimate of drug-likeness (QED) is 0.764. The van der Waals surface area contributed by atoms with E-state index in [-0.39, 0.29) is 0 Å². The Bertz CT molecular complexity index is 355. The first-order valence-corrected chi connectivity index (χ1v) is 8.70. The lowest BCUT2D eigenvalue weighted by Gasteiger charge is -2.34. The van der Waals surface area contributed by atoms with E-state index in [9.17, 15) is 0 Å². The zero-order valence-electron chi connectivity index (χ0n) is 12.5. The fourth-order valence-corrected chi connectivity index (χ4v) is 3.97. The minimum atomic E-state index is 0.666. The second-order valence-corrected chi connectivity index (χ2v) is 6.66. The number of thiophene rings is 1. The van der Waals surface area contributed by atoms with Crippen LogP contribution in [0.2, 0.25) is 0 Å². The summed E-state index contributed by atoms with van der Waals surface area (Å²) in [6.07, 6.45) is 6.56. The molecule has 1 aromatic rings. The lowest BCUT2D eigenvalue weighted by Crippen LogP contribution is -2.45. The minimum Gasteiger partial charge on any atom is -0.314 e. The van der Waals surface area contributed by atoms with Crippen molar-refractivity contribution in [1.29, 1.82) is 0 Å². The van der Waals surface area contributed by atoms with Crippen molar-refractivity contribution in [2.45, 2.75) is 52.0 Å². The van der Waals surface area contributed by atoms with Crippen LogP contribution in [0.3, 0.4) is 0 Å². The second-order valence-electron chi connectivity index (χ2n) is 5.46. The van der Waals surface area contributed by atoms with Crippen LogP contribution in [0.5, 0.6) is 0 Å². The molecule has 1 N–H and O–H groups in total. The van der Waals surface area contributed by atoms with Crippen molar-refractivity contribution in [1.82, 2.24) is 10.2 Å². The second kappa shape index (κ2) is 8.03. The summed E-state index contributed by atoms with van der Waals surface area (Å²) in [6.45, 7) is 9.26. The average molecular weight is 280 g/mol. The van der Waals surface area contributed by atoms with Gasteiger partial charge in [0.2, 0.25) is 0 Å². The number of rotatable bonds is 7. The predicted molar refractivity (Wildman–Crippen MR) is 85.0 cm³/mol. The lowest BCUT2D eigenvalue weighted by molar-refractivity contribution is 0.165. The molecule has 3 heteroatoms. The molecule has 1 aromatic heterocycles. The number of aryl methyl sites for hydroxylation is 1. The van der Waals surface area contributed by atoms with Gasteiger partial charge in [-0.1, -0.05) is 33.1 Å². The Morgan fingerprint density at radius 1 is 1.21 bits per heavy atom. The fourth-order valence-electron chi connectivity index (χ4n) is 2.85. The predicted octanol–water partition coefficient (Wildman–Crippen LogP) is 3.84. The molecule has 0 aromatic carbocycles. The first-order valence-electron chi connectivity index (χ1n) is 7.88. The van der Waals surface area contributed by atoms with E-state index in [1.807, 2.05) is 11.3 Å². The smallest absolute Gasteiger partial charge is 0.0442 e. The maximum Gasteiger partial charge on any atom is 0.0442 e. The van der Waals surface area contributed by atoms with Crippen molar-refractivity contribution in [2.24, 2.45) is 0 Å². The molecule has 0 amide bonds. The maximum absolute atomic E-state index is 3.47. The van der Waals surface area contributed by atoms with Crippen molar-refractivity contribution >= 4 is 11.3 Å². The van der Waals surface area contributed by atoms with Crippen molar-refractivity contribution in [2.75, 3.05) is 26.2 Å². The molecule has 2 rings (SSSR count). The molecule has 1 aliphatic heterocycles. The van der Waals surface area contributed by atoms with Crippen LogP contribution in [0.15, 0.2) is 12.1 Å². The highest BCUT2D eigenvalue weighted by Crippen LogP contribution is 2.32. The van der Waals surface area contributed by atoms with Crippen molar-refractivity contribution in [3.8, 4) is 0 Å². The van der Waals surface area contributed by atoms with E-state index in [2.05, 4.69) is 36.2 Å². The first kappa shape index (κ1) is 15.0. The lowest BCUT2D eigenvalue weighted by atomic mass is 10.0. The molecular formula is C16H28N2S. The van der Waals surface area contributed by atoms with E-state index in [4.69, 9.17) is 0 Å². The number of unbranched alkanes of at least 4 members (excludes halogenated alkanes) is 2. The Morgan fingerprint density at radius 2 is 2.00 bits per heavy atom. The summed E-state index contributed by atoms with van der Waals surface area (Å²) in [7, 11) is 0. The normalized spacial score (nSPS) is 18.6. The Kier molecular flexibility index (Phi) is 6.35. The summed E-state index contributed by atoms with van der Waals surface area (Å²) in [6, 6.07) is 5.37. The Morgan fingerprint density at radius 3 is 2.63 bits per heavy atom.